The van der Waals surface area contributed by atoms with Gasteiger partial charge in [-0.3, -0.25) is 14.1 Å². The van der Waals surface area contributed by atoms with E-state index in [2.05, 4.69) is 20.5 Å². The number of thioether (sulfide) groups is 1. The molecule has 0 radical (unpaired) electrons. The molecule has 3 amide bonds. The van der Waals surface area contributed by atoms with Crippen molar-refractivity contribution in [3.8, 4) is 0 Å². The number of nitrogens with one attached hydrogen (secondary N) is 2. The lowest BCUT2D eigenvalue weighted by Gasteiger charge is -2.16. The summed E-state index contributed by atoms with van der Waals surface area (Å²) >= 11 is 1.31. The first kappa shape index (κ1) is 14.1. The number of carbonyl (C=O) groups is 2. The number of hydrogen-bond donors (Lipinski definition) is 2. The van der Waals surface area contributed by atoms with Crippen molar-refractivity contribution in [2.75, 3.05) is 13.1 Å². The summed E-state index contributed by atoms with van der Waals surface area (Å²) in [7, 11) is 0. The molecule has 3 heterocycles. The quantitative estimate of drug-likeness (QED) is 0.705. The largest absolute Gasteiger partial charge is 0.336 e. The summed E-state index contributed by atoms with van der Waals surface area (Å²) in [6, 6.07) is 7.40. The molecule has 4 rings (SSSR count). The fourth-order valence-electron chi connectivity index (χ4n) is 2.63. The zero-order chi connectivity index (χ0) is 16.0. The van der Waals surface area contributed by atoms with Crippen molar-refractivity contribution >= 4 is 40.5 Å². The van der Waals surface area contributed by atoms with E-state index in [0.29, 0.717) is 24.0 Å². The first-order valence-electron chi connectivity index (χ1n) is 7.22. The number of H-pyrrole nitrogens is 1. The van der Waals surface area contributed by atoms with Gasteiger partial charge in [-0.05, 0) is 19.1 Å². The van der Waals surface area contributed by atoms with E-state index in [1.54, 1.807) is 6.92 Å². The molecular formula is C14H14N6O2S. The number of rotatable bonds is 3. The molecule has 1 aromatic carbocycles. The van der Waals surface area contributed by atoms with Gasteiger partial charge >= 0.3 is 6.03 Å². The third-order valence-electron chi connectivity index (χ3n) is 3.76. The van der Waals surface area contributed by atoms with Crippen LogP contribution in [0.2, 0.25) is 0 Å². The number of aromatic nitrogens is 4. The summed E-state index contributed by atoms with van der Waals surface area (Å²) < 4.78 is 1.88. The van der Waals surface area contributed by atoms with Crippen LogP contribution >= 0.6 is 11.8 Å². The van der Waals surface area contributed by atoms with Gasteiger partial charge in [0, 0.05) is 13.1 Å². The van der Waals surface area contributed by atoms with Gasteiger partial charge < -0.3 is 5.32 Å². The molecule has 1 saturated heterocycles. The van der Waals surface area contributed by atoms with E-state index < -0.39 is 5.25 Å². The molecule has 0 saturated carbocycles. The molecule has 3 aromatic rings. The molecule has 0 bridgehead atoms. The van der Waals surface area contributed by atoms with Crippen LogP contribution in [0.15, 0.2) is 29.4 Å². The van der Waals surface area contributed by atoms with E-state index in [4.69, 9.17) is 0 Å². The monoisotopic (exact) mass is 330 g/mol. The minimum atomic E-state index is -0.425. The average molecular weight is 330 g/mol. The van der Waals surface area contributed by atoms with E-state index in [-0.39, 0.29) is 11.9 Å². The topological polar surface area (TPSA) is 95.4 Å². The Morgan fingerprint density at radius 2 is 2.22 bits per heavy atom. The van der Waals surface area contributed by atoms with Gasteiger partial charge in [-0.1, -0.05) is 23.9 Å². The number of fused-ring (bicyclic) bond motifs is 3. The second-order valence-corrected chi connectivity index (χ2v) is 6.56. The van der Waals surface area contributed by atoms with Gasteiger partial charge in [0.25, 0.3) is 0 Å². The van der Waals surface area contributed by atoms with E-state index >= 15 is 0 Å². The smallest absolute Gasteiger partial charge is 0.324 e. The first-order valence-corrected chi connectivity index (χ1v) is 8.10. The molecule has 0 unspecified atom stereocenters. The van der Waals surface area contributed by atoms with Crippen LogP contribution in [-0.4, -0.2) is 54.8 Å². The molecule has 2 aromatic heterocycles. The highest BCUT2D eigenvalue weighted by Gasteiger charge is 2.31. The fourth-order valence-corrected chi connectivity index (χ4v) is 3.56. The van der Waals surface area contributed by atoms with Gasteiger partial charge in [0.1, 0.15) is 0 Å². The lowest BCUT2D eigenvalue weighted by Crippen LogP contribution is -2.39. The Bertz CT molecular complexity index is 916. The van der Waals surface area contributed by atoms with Crippen LogP contribution in [0, 0.1) is 0 Å². The zero-order valence-corrected chi connectivity index (χ0v) is 13.1. The summed E-state index contributed by atoms with van der Waals surface area (Å²) in [5, 5.41) is 9.97. The number of imide groups is 1. The minimum absolute atomic E-state index is 0.217. The highest BCUT2D eigenvalue weighted by molar-refractivity contribution is 8.00. The fraction of sp³-hybridized carbons (Fsp3) is 0.286. The lowest BCUT2D eigenvalue weighted by atomic mass is 10.3. The van der Waals surface area contributed by atoms with Gasteiger partial charge in [-0.25, -0.2) is 14.9 Å². The summed E-state index contributed by atoms with van der Waals surface area (Å²) in [5.74, 6) is 0.415. The second kappa shape index (κ2) is 5.27. The molecule has 9 heteroatoms. The molecular weight excluding hydrogens is 316 g/mol. The molecule has 1 fully saturated rings. The van der Waals surface area contributed by atoms with Crippen LogP contribution in [0.25, 0.3) is 16.8 Å². The van der Waals surface area contributed by atoms with Crippen LogP contribution in [0.4, 0.5) is 4.79 Å². The van der Waals surface area contributed by atoms with Crippen molar-refractivity contribution < 1.29 is 9.59 Å². The van der Waals surface area contributed by atoms with Crippen LogP contribution in [0.5, 0.6) is 0 Å². The highest BCUT2D eigenvalue weighted by atomic mass is 32.2. The van der Waals surface area contributed by atoms with E-state index in [1.807, 2.05) is 28.7 Å². The number of amides is 3. The Morgan fingerprint density at radius 1 is 1.39 bits per heavy atom. The maximum Gasteiger partial charge on any atom is 0.324 e. The van der Waals surface area contributed by atoms with Crippen molar-refractivity contribution in [2.45, 2.75) is 17.3 Å². The van der Waals surface area contributed by atoms with Gasteiger partial charge in [0.15, 0.2) is 5.16 Å². The van der Waals surface area contributed by atoms with Crippen molar-refractivity contribution in [3.63, 3.8) is 0 Å². The Morgan fingerprint density at radius 3 is 3.00 bits per heavy atom. The summed E-state index contributed by atoms with van der Waals surface area (Å²) in [5.41, 5.74) is 1.79. The Labute approximate surface area is 135 Å². The number of nitrogens with zero attached hydrogens (tertiary/aromatic N) is 4. The Balaban J connectivity index is 1.64. The Hall–Kier alpha value is -2.55. The molecule has 8 nitrogen and oxygen atoms in total. The third kappa shape index (κ3) is 2.24. The van der Waals surface area contributed by atoms with Crippen LogP contribution in [-0.2, 0) is 4.79 Å². The van der Waals surface area contributed by atoms with Crippen molar-refractivity contribution in [1.82, 2.24) is 29.8 Å². The zero-order valence-electron chi connectivity index (χ0n) is 12.3. The molecule has 0 spiro atoms. The van der Waals surface area contributed by atoms with Crippen molar-refractivity contribution in [2.24, 2.45) is 0 Å². The van der Waals surface area contributed by atoms with Crippen molar-refractivity contribution in [3.05, 3.63) is 24.3 Å². The highest BCUT2D eigenvalue weighted by Crippen LogP contribution is 2.27. The number of carbonyl (C=O) groups excluding carboxylic acids is 2. The summed E-state index contributed by atoms with van der Waals surface area (Å²) in [4.78, 5) is 29.7. The lowest BCUT2D eigenvalue weighted by molar-refractivity contribution is -0.126. The molecule has 118 valence electrons. The predicted octanol–water partition coefficient (Wildman–Crippen LogP) is 1.24. The standard InChI is InChI=1S/C14H14N6O2S/c1-8(11(21)19-7-6-15-13(19)22)23-14-18-17-12-16-9-4-2-3-5-10(9)20(12)14/h2-5,8H,6-7H2,1H3,(H,15,22)(H,16,17)/t8-/m1/s1. The number of benzene rings is 1. The predicted molar refractivity (Wildman–Crippen MR) is 85.3 cm³/mol. The van der Waals surface area contributed by atoms with Gasteiger partial charge in [-0.15, -0.1) is 5.10 Å². The minimum Gasteiger partial charge on any atom is -0.336 e. The molecule has 1 aliphatic heterocycles. The van der Waals surface area contributed by atoms with E-state index in [1.165, 1.54) is 16.7 Å². The first-order chi connectivity index (χ1) is 11.1. The number of urea groups is 1. The van der Waals surface area contributed by atoms with Gasteiger partial charge in [0.05, 0.1) is 16.3 Å². The number of imidazole rings is 1. The average Bonchev–Trinajstić information content (AvgIpc) is 3.22. The van der Waals surface area contributed by atoms with Crippen LogP contribution in [0.1, 0.15) is 6.92 Å². The normalized spacial score (nSPS) is 16.2. The number of hydrogen-bond acceptors (Lipinski definition) is 5. The maximum atomic E-state index is 12.4. The number of aromatic amines is 1. The molecule has 23 heavy (non-hydrogen) atoms. The molecule has 1 atom stereocenters. The Kier molecular flexibility index (Phi) is 3.22. The maximum absolute atomic E-state index is 12.4. The van der Waals surface area contributed by atoms with E-state index in [9.17, 15) is 9.59 Å². The van der Waals surface area contributed by atoms with Crippen LogP contribution in [0.3, 0.4) is 0 Å². The van der Waals surface area contributed by atoms with Crippen LogP contribution < -0.4 is 5.32 Å². The molecule has 1 aliphatic rings. The number of para-hydroxylation sites is 2. The molecule has 2 N–H and O–H groups in total. The molecule has 0 aliphatic carbocycles. The van der Waals surface area contributed by atoms with Crippen molar-refractivity contribution in [1.29, 1.82) is 0 Å². The van der Waals surface area contributed by atoms with Gasteiger partial charge in [-0.2, -0.15) is 0 Å². The SMILES string of the molecule is C[C@@H](Sc1n[nH]c2nc3ccccc3n12)C(=O)N1CCNC1=O. The van der Waals surface area contributed by atoms with E-state index in [0.717, 1.165) is 11.0 Å². The summed E-state index contributed by atoms with van der Waals surface area (Å²) in [6.45, 7) is 2.69. The third-order valence-corrected chi connectivity index (χ3v) is 4.80. The van der Waals surface area contributed by atoms with Gasteiger partial charge in [0.2, 0.25) is 11.7 Å². The second-order valence-electron chi connectivity index (χ2n) is 5.25. The summed E-state index contributed by atoms with van der Waals surface area (Å²) in [6.07, 6.45) is 0.